The van der Waals surface area contributed by atoms with Crippen LogP contribution in [0, 0.1) is 11.6 Å². The molecule has 1 heterocycles. The number of likely N-dealkylation sites (N-methyl/N-ethyl adjacent to an activating group) is 1. The number of aromatic nitrogens is 1. The minimum Gasteiger partial charge on any atom is -0.481 e. The smallest absolute Gasteiger partial charge is 0.412 e. The van der Waals surface area contributed by atoms with Crippen LogP contribution in [-0.4, -0.2) is 53.0 Å². The Hall–Kier alpha value is -4.48. The highest BCUT2D eigenvalue weighted by molar-refractivity contribution is 5.84. The van der Waals surface area contributed by atoms with Gasteiger partial charge in [0.1, 0.15) is 6.61 Å². The van der Waals surface area contributed by atoms with E-state index in [1.54, 1.807) is 0 Å². The molecule has 0 saturated carbocycles. The molecule has 3 rings (SSSR count). The Morgan fingerprint density at radius 2 is 1.89 bits per heavy atom. The molecule has 0 saturated heterocycles. The molecule has 0 bridgehead atoms. The monoisotopic (exact) mass is 516 g/mol. The van der Waals surface area contributed by atoms with Gasteiger partial charge >= 0.3 is 18.1 Å². The van der Waals surface area contributed by atoms with E-state index in [1.807, 2.05) is 30.3 Å². The van der Waals surface area contributed by atoms with Gasteiger partial charge in [-0.15, -0.1) is 0 Å². The number of anilines is 1. The summed E-state index contributed by atoms with van der Waals surface area (Å²) in [5.41, 5.74) is 0.725. The number of hydrogen-bond acceptors (Lipinski definition) is 6. The van der Waals surface area contributed by atoms with E-state index in [9.17, 15) is 23.2 Å². The Morgan fingerprint density at radius 3 is 2.62 bits per heavy atom. The zero-order chi connectivity index (χ0) is 26.8. The number of amides is 3. The lowest BCUT2D eigenvalue weighted by Crippen LogP contribution is -2.46. The fraction of sp³-hybridized carbons (Fsp3) is 0.280. The molecule has 0 aliphatic carbocycles. The van der Waals surface area contributed by atoms with Gasteiger partial charge in [-0.25, -0.2) is 18.4 Å². The van der Waals surface area contributed by atoms with Crippen LogP contribution in [0.2, 0.25) is 0 Å². The maximum Gasteiger partial charge on any atom is 0.412 e. The largest absolute Gasteiger partial charge is 0.481 e. The highest BCUT2D eigenvalue weighted by atomic mass is 19.2. The van der Waals surface area contributed by atoms with Crippen LogP contribution in [0.5, 0.6) is 0 Å². The van der Waals surface area contributed by atoms with Gasteiger partial charge in [0, 0.05) is 37.2 Å². The molecule has 0 aliphatic rings. The quantitative estimate of drug-likeness (QED) is 0.338. The molecule has 3 N–H and O–H groups in total. The van der Waals surface area contributed by atoms with Gasteiger partial charge in [-0.05, 0) is 18.9 Å². The molecule has 0 spiro atoms. The van der Waals surface area contributed by atoms with E-state index in [0.29, 0.717) is 5.76 Å². The van der Waals surface area contributed by atoms with E-state index >= 15 is 0 Å². The van der Waals surface area contributed by atoms with Crippen molar-refractivity contribution < 1.29 is 37.5 Å². The fourth-order valence-corrected chi connectivity index (χ4v) is 3.41. The lowest BCUT2D eigenvalue weighted by atomic mass is 10.1. The second-order valence-electron chi connectivity index (χ2n) is 8.09. The third kappa shape index (κ3) is 8.02. The van der Waals surface area contributed by atoms with Gasteiger partial charge in [0.25, 0.3) is 0 Å². The number of benzene rings is 2. The molecule has 37 heavy (non-hydrogen) atoms. The van der Waals surface area contributed by atoms with Crippen molar-refractivity contribution in [1.82, 2.24) is 15.4 Å². The lowest BCUT2D eigenvalue weighted by Gasteiger charge is -2.28. The first kappa shape index (κ1) is 27.1. The van der Waals surface area contributed by atoms with Crippen LogP contribution in [0.1, 0.15) is 24.8 Å². The van der Waals surface area contributed by atoms with Gasteiger partial charge in [0.2, 0.25) is 0 Å². The number of carbonyl (C=O) groups is 3. The lowest BCUT2D eigenvalue weighted by molar-refractivity contribution is -0.137. The van der Waals surface area contributed by atoms with Crippen molar-refractivity contribution in [2.24, 2.45) is 0 Å². The number of nitrogens with one attached hydrogen (secondary N) is 2. The van der Waals surface area contributed by atoms with Gasteiger partial charge in [0.15, 0.2) is 23.2 Å². The van der Waals surface area contributed by atoms with Crippen LogP contribution in [-0.2, 0) is 16.1 Å². The van der Waals surface area contributed by atoms with E-state index in [1.165, 1.54) is 30.1 Å². The highest BCUT2D eigenvalue weighted by Crippen LogP contribution is 2.22. The standard InChI is InChI=1S/C25H26F2N4O6/c1-31(24(34)28-14-17-9-5-11-19(26)23(17)27)18(10-6-12-22(32)33)15-36-25(35)29-21-13-20(37-30-21)16-7-3-2-4-8-16/h2-5,7-9,11,13,18H,6,10,12,14-15H2,1H3,(H,28,34)(H,32,33)(H,29,30,35)/t18-/m0/s1. The number of nitrogens with zero attached hydrogens (tertiary/aromatic N) is 2. The average molecular weight is 517 g/mol. The first-order chi connectivity index (χ1) is 17.7. The summed E-state index contributed by atoms with van der Waals surface area (Å²) in [4.78, 5) is 37.1. The third-order valence-electron chi connectivity index (χ3n) is 5.46. The van der Waals surface area contributed by atoms with Crippen molar-refractivity contribution in [2.45, 2.75) is 31.8 Å². The molecule has 0 aliphatic heterocycles. The van der Waals surface area contributed by atoms with Crippen molar-refractivity contribution in [3.8, 4) is 11.3 Å². The number of aliphatic carboxylic acids is 1. The number of carboxylic acid groups (broad SMARTS) is 1. The Balaban J connectivity index is 1.57. The Morgan fingerprint density at radius 1 is 1.14 bits per heavy atom. The molecule has 0 radical (unpaired) electrons. The summed E-state index contributed by atoms with van der Waals surface area (Å²) >= 11 is 0. The Bertz CT molecular complexity index is 1220. The molecule has 12 heteroatoms. The maximum absolute atomic E-state index is 13.9. The molecule has 0 unspecified atom stereocenters. The van der Waals surface area contributed by atoms with Crippen LogP contribution < -0.4 is 10.6 Å². The summed E-state index contributed by atoms with van der Waals surface area (Å²) in [6.45, 7) is -0.529. The minimum atomic E-state index is -1.06. The third-order valence-corrected chi connectivity index (χ3v) is 5.46. The van der Waals surface area contributed by atoms with Crippen molar-refractivity contribution in [3.63, 3.8) is 0 Å². The number of hydrogen-bond donors (Lipinski definition) is 3. The number of rotatable bonds is 11. The van der Waals surface area contributed by atoms with E-state index in [-0.39, 0.29) is 43.8 Å². The van der Waals surface area contributed by atoms with Gasteiger partial charge in [-0.1, -0.05) is 47.6 Å². The van der Waals surface area contributed by atoms with Gasteiger partial charge in [-0.3, -0.25) is 10.1 Å². The SMILES string of the molecule is CN(C(=O)NCc1cccc(F)c1F)[C@@H](CCCC(=O)O)COC(=O)Nc1cc(-c2ccccc2)on1. The predicted molar refractivity (Wildman–Crippen MR) is 129 cm³/mol. The number of urea groups is 1. The summed E-state index contributed by atoms with van der Waals surface area (Å²) in [5, 5.41) is 17.6. The van der Waals surface area contributed by atoms with Gasteiger partial charge < -0.3 is 24.6 Å². The van der Waals surface area contributed by atoms with Crippen LogP contribution in [0.4, 0.5) is 24.2 Å². The Kier molecular flexibility index (Phi) is 9.53. The minimum absolute atomic E-state index is 0.0395. The maximum atomic E-state index is 13.9. The van der Waals surface area contributed by atoms with Crippen molar-refractivity contribution in [3.05, 3.63) is 71.8 Å². The molecule has 2 aromatic carbocycles. The van der Waals surface area contributed by atoms with Crippen LogP contribution >= 0.6 is 0 Å². The Labute approximate surface area is 211 Å². The first-order valence-corrected chi connectivity index (χ1v) is 11.4. The molecule has 3 aromatic rings. The second kappa shape index (κ2) is 13.0. The number of ether oxygens (including phenoxy) is 1. The van der Waals surface area contributed by atoms with E-state index in [4.69, 9.17) is 14.4 Å². The molecule has 3 amide bonds. The zero-order valence-corrected chi connectivity index (χ0v) is 19.9. The average Bonchev–Trinajstić information content (AvgIpc) is 3.35. The highest BCUT2D eigenvalue weighted by Gasteiger charge is 2.23. The van der Waals surface area contributed by atoms with Crippen LogP contribution in [0.25, 0.3) is 11.3 Å². The molecule has 10 nitrogen and oxygen atoms in total. The van der Waals surface area contributed by atoms with Crippen LogP contribution in [0.15, 0.2) is 59.1 Å². The number of halogens is 2. The molecule has 1 aromatic heterocycles. The first-order valence-electron chi connectivity index (χ1n) is 11.4. The van der Waals surface area contributed by atoms with Crippen molar-refractivity contribution in [2.75, 3.05) is 19.0 Å². The van der Waals surface area contributed by atoms with Gasteiger partial charge in [-0.2, -0.15) is 0 Å². The molecule has 1 atom stereocenters. The van der Waals surface area contributed by atoms with E-state index in [2.05, 4.69) is 15.8 Å². The van der Waals surface area contributed by atoms with Crippen LogP contribution in [0.3, 0.4) is 0 Å². The van der Waals surface area contributed by atoms with Crippen molar-refractivity contribution in [1.29, 1.82) is 0 Å². The molecule has 196 valence electrons. The predicted octanol–water partition coefficient (Wildman–Crippen LogP) is 4.63. The normalized spacial score (nSPS) is 11.4. The molecular weight excluding hydrogens is 490 g/mol. The molecule has 0 fully saturated rings. The number of carboxylic acids is 1. The summed E-state index contributed by atoms with van der Waals surface area (Å²) in [6.07, 6.45) is -0.578. The zero-order valence-electron chi connectivity index (χ0n) is 19.9. The summed E-state index contributed by atoms with van der Waals surface area (Å²) in [5.74, 6) is -2.55. The molecular formula is C25H26F2N4O6. The van der Waals surface area contributed by atoms with E-state index in [0.717, 1.165) is 11.6 Å². The van der Waals surface area contributed by atoms with Crippen molar-refractivity contribution >= 4 is 23.9 Å². The number of carbonyl (C=O) groups excluding carboxylic acids is 2. The van der Waals surface area contributed by atoms with E-state index < -0.39 is 35.8 Å². The second-order valence-corrected chi connectivity index (χ2v) is 8.09. The van der Waals surface area contributed by atoms with Gasteiger partial charge in [0.05, 0.1) is 6.04 Å². The fourth-order valence-electron chi connectivity index (χ4n) is 3.41. The topological polar surface area (TPSA) is 134 Å². The summed E-state index contributed by atoms with van der Waals surface area (Å²) in [6, 6.07) is 12.9. The summed E-state index contributed by atoms with van der Waals surface area (Å²) < 4.78 is 37.7. The summed E-state index contributed by atoms with van der Waals surface area (Å²) in [7, 11) is 1.42.